The van der Waals surface area contributed by atoms with Gasteiger partial charge < -0.3 is 15.5 Å². The van der Waals surface area contributed by atoms with Crippen LogP contribution in [0, 0.1) is 0 Å². The minimum atomic E-state index is 0. The van der Waals surface area contributed by atoms with Gasteiger partial charge in [0.15, 0.2) is 0 Å². The molecule has 1 amide bonds. The van der Waals surface area contributed by atoms with Crippen molar-refractivity contribution in [1.29, 1.82) is 0 Å². The van der Waals surface area contributed by atoms with E-state index in [4.69, 9.17) is 17.3 Å². The van der Waals surface area contributed by atoms with Crippen LogP contribution in [0.25, 0.3) is 0 Å². The molecule has 0 aliphatic carbocycles. The third-order valence-electron chi connectivity index (χ3n) is 4.04. The van der Waals surface area contributed by atoms with E-state index in [0.717, 1.165) is 24.5 Å². The molecule has 0 atom stereocenters. The van der Waals surface area contributed by atoms with Gasteiger partial charge in [-0.05, 0) is 29.8 Å². The lowest BCUT2D eigenvalue weighted by Gasteiger charge is -2.35. The predicted octanol–water partition coefficient (Wildman–Crippen LogP) is 2.58. The second kappa shape index (κ2) is 8.33. The van der Waals surface area contributed by atoms with E-state index in [1.54, 1.807) is 6.20 Å². The Kier molecular flexibility index (Phi) is 6.43. The summed E-state index contributed by atoms with van der Waals surface area (Å²) in [5.41, 5.74) is 7.31. The Balaban J connectivity index is 0.00000208. The van der Waals surface area contributed by atoms with Crippen LogP contribution < -0.4 is 10.6 Å². The van der Waals surface area contributed by atoms with Crippen molar-refractivity contribution in [2.24, 2.45) is 5.73 Å². The van der Waals surface area contributed by atoms with E-state index < -0.39 is 0 Å². The maximum Gasteiger partial charge on any atom is 0.253 e. The standard InChI is InChI=1S/C17H19ClN4O.ClH/c18-15-2-1-7-20-16(15)21-8-10-22(11-9-21)17(23)14-5-3-13(12-19)4-6-14;/h1-7H,8-12,19H2;1H. The van der Waals surface area contributed by atoms with E-state index in [9.17, 15) is 4.79 Å². The van der Waals surface area contributed by atoms with Gasteiger partial charge in [-0.15, -0.1) is 12.4 Å². The zero-order valence-corrected chi connectivity index (χ0v) is 14.8. The Morgan fingerprint density at radius 1 is 1.12 bits per heavy atom. The summed E-state index contributed by atoms with van der Waals surface area (Å²) in [5, 5.41) is 0.643. The maximum atomic E-state index is 12.5. The van der Waals surface area contributed by atoms with Gasteiger partial charge in [0.25, 0.3) is 5.91 Å². The number of amides is 1. The molecule has 1 aliphatic rings. The van der Waals surface area contributed by atoms with E-state index in [-0.39, 0.29) is 18.3 Å². The first-order valence-electron chi connectivity index (χ1n) is 7.63. The van der Waals surface area contributed by atoms with Crippen molar-refractivity contribution in [3.05, 3.63) is 58.7 Å². The molecule has 2 N–H and O–H groups in total. The highest BCUT2D eigenvalue weighted by atomic mass is 35.5. The van der Waals surface area contributed by atoms with E-state index in [0.29, 0.717) is 30.2 Å². The molecule has 1 fully saturated rings. The smallest absolute Gasteiger partial charge is 0.253 e. The lowest BCUT2D eigenvalue weighted by Crippen LogP contribution is -2.49. The van der Waals surface area contributed by atoms with Gasteiger partial charge in [-0.3, -0.25) is 4.79 Å². The molecule has 0 unspecified atom stereocenters. The van der Waals surface area contributed by atoms with Gasteiger partial charge in [0.2, 0.25) is 0 Å². The minimum absolute atomic E-state index is 0. The number of carbonyl (C=O) groups is 1. The number of hydrogen-bond donors (Lipinski definition) is 1. The van der Waals surface area contributed by atoms with Gasteiger partial charge in [0.05, 0.1) is 5.02 Å². The van der Waals surface area contributed by atoms with Gasteiger partial charge in [-0.2, -0.15) is 0 Å². The van der Waals surface area contributed by atoms with Crippen LogP contribution in [0.15, 0.2) is 42.6 Å². The average molecular weight is 367 g/mol. The van der Waals surface area contributed by atoms with Crippen LogP contribution in [0.4, 0.5) is 5.82 Å². The van der Waals surface area contributed by atoms with Crippen molar-refractivity contribution in [3.63, 3.8) is 0 Å². The summed E-state index contributed by atoms with van der Waals surface area (Å²) in [5.74, 6) is 0.842. The first-order chi connectivity index (χ1) is 11.2. The highest BCUT2D eigenvalue weighted by Crippen LogP contribution is 2.23. The van der Waals surface area contributed by atoms with Crippen LogP contribution in [0.3, 0.4) is 0 Å². The van der Waals surface area contributed by atoms with Crippen LogP contribution in [-0.4, -0.2) is 42.0 Å². The number of benzene rings is 1. The first kappa shape index (κ1) is 18.5. The van der Waals surface area contributed by atoms with Crippen molar-refractivity contribution in [2.75, 3.05) is 31.1 Å². The molecule has 7 heteroatoms. The third-order valence-corrected chi connectivity index (χ3v) is 4.34. The molecule has 0 bridgehead atoms. The predicted molar refractivity (Wildman–Crippen MR) is 98.9 cm³/mol. The molecule has 0 saturated carbocycles. The number of rotatable bonds is 3. The van der Waals surface area contributed by atoms with Gasteiger partial charge in [0.1, 0.15) is 5.82 Å². The average Bonchev–Trinajstić information content (AvgIpc) is 2.62. The van der Waals surface area contributed by atoms with Gasteiger partial charge in [-0.1, -0.05) is 23.7 Å². The largest absolute Gasteiger partial charge is 0.352 e. The Morgan fingerprint density at radius 2 is 1.79 bits per heavy atom. The molecule has 1 aliphatic heterocycles. The van der Waals surface area contributed by atoms with Crippen molar-refractivity contribution in [2.45, 2.75) is 6.54 Å². The van der Waals surface area contributed by atoms with Gasteiger partial charge >= 0.3 is 0 Å². The third kappa shape index (κ3) is 3.98. The number of halogens is 2. The summed E-state index contributed by atoms with van der Waals surface area (Å²) in [6, 6.07) is 11.1. The highest BCUT2D eigenvalue weighted by molar-refractivity contribution is 6.32. The quantitative estimate of drug-likeness (QED) is 0.906. The van der Waals surface area contributed by atoms with Crippen LogP contribution in [-0.2, 0) is 6.54 Å². The molecule has 1 saturated heterocycles. The van der Waals surface area contributed by atoms with Crippen LogP contribution in [0.2, 0.25) is 5.02 Å². The molecule has 2 aromatic rings. The summed E-state index contributed by atoms with van der Waals surface area (Å²) >= 11 is 6.19. The van der Waals surface area contributed by atoms with Crippen molar-refractivity contribution in [3.8, 4) is 0 Å². The fourth-order valence-corrected chi connectivity index (χ4v) is 2.94. The van der Waals surface area contributed by atoms with Gasteiger partial charge in [0, 0.05) is 44.5 Å². The normalized spacial score (nSPS) is 14.2. The number of hydrogen-bond acceptors (Lipinski definition) is 4. The van der Waals surface area contributed by atoms with E-state index >= 15 is 0 Å². The summed E-state index contributed by atoms with van der Waals surface area (Å²) in [4.78, 5) is 20.9. The summed E-state index contributed by atoms with van der Waals surface area (Å²) in [6.07, 6.45) is 1.73. The monoisotopic (exact) mass is 366 g/mol. The second-order valence-electron chi connectivity index (χ2n) is 5.49. The Hall–Kier alpha value is -1.82. The maximum absolute atomic E-state index is 12.5. The Bertz CT molecular complexity index is 685. The molecule has 24 heavy (non-hydrogen) atoms. The number of carbonyl (C=O) groups excluding carboxylic acids is 1. The summed E-state index contributed by atoms with van der Waals surface area (Å²) in [6.45, 7) is 3.25. The molecule has 128 valence electrons. The number of piperazine rings is 1. The molecule has 3 rings (SSSR count). The lowest BCUT2D eigenvalue weighted by atomic mass is 10.1. The molecular formula is C17H20Cl2N4O. The van der Waals surface area contributed by atoms with Gasteiger partial charge in [-0.25, -0.2) is 4.98 Å². The summed E-state index contributed by atoms with van der Waals surface area (Å²) < 4.78 is 0. The first-order valence-corrected chi connectivity index (χ1v) is 8.00. The van der Waals surface area contributed by atoms with Crippen LogP contribution in [0.1, 0.15) is 15.9 Å². The molecule has 1 aromatic heterocycles. The summed E-state index contributed by atoms with van der Waals surface area (Å²) in [7, 11) is 0. The SMILES string of the molecule is Cl.NCc1ccc(C(=O)N2CCN(c3ncccc3Cl)CC2)cc1. The minimum Gasteiger partial charge on any atom is -0.352 e. The highest BCUT2D eigenvalue weighted by Gasteiger charge is 2.23. The van der Waals surface area contributed by atoms with E-state index in [2.05, 4.69) is 9.88 Å². The lowest BCUT2D eigenvalue weighted by molar-refractivity contribution is 0.0746. The number of aromatic nitrogens is 1. The van der Waals surface area contributed by atoms with Crippen molar-refractivity contribution < 1.29 is 4.79 Å². The molecule has 2 heterocycles. The fraction of sp³-hybridized carbons (Fsp3) is 0.294. The molecule has 5 nitrogen and oxygen atoms in total. The second-order valence-corrected chi connectivity index (χ2v) is 5.90. The van der Waals surface area contributed by atoms with E-state index in [1.165, 1.54) is 0 Å². The van der Waals surface area contributed by atoms with E-state index in [1.807, 2.05) is 41.3 Å². The van der Waals surface area contributed by atoms with Crippen molar-refractivity contribution in [1.82, 2.24) is 9.88 Å². The molecule has 0 spiro atoms. The number of nitrogens with two attached hydrogens (primary N) is 1. The van der Waals surface area contributed by atoms with Crippen LogP contribution in [0.5, 0.6) is 0 Å². The number of nitrogens with zero attached hydrogens (tertiary/aromatic N) is 3. The fourth-order valence-electron chi connectivity index (χ4n) is 2.70. The Labute approximate surface area is 152 Å². The number of pyridine rings is 1. The zero-order chi connectivity index (χ0) is 16.2. The van der Waals surface area contributed by atoms with Crippen LogP contribution >= 0.6 is 24.0 Å². The van der Waals surface area contributed by atoms with Crippen molar-refractivity contribution >= 4 is 35.7 Å². The molecular weight excluding hydrogens is 347 g/mol. The topological polar surface area (TPSA) is 62.5 Å². The zero-order valence-electron chi connectivity index (χ0n) is 13.2. The molecule has 0 radical (unpaired) electrons. The molecule has 1 aromatic carbocycles. The number of anilines is 1. The Morgan fingerprint density at radius 3 is 2.38 bits per heavy atom.